The van der Waals surface area contributed by atoms with E-state index in [1.54, 1.807) is 7.11 Å². The highest BCUT2D eigenvalue weighted by Gasteiger charge is 2.53. The Labute approximate surface area is 159 Å². The Hall–Kier alpha value is -2.82. The monoisotopic (exact) mass is 364 g/mol. The summed E-state index contributed by atoms with van der Waals surface area (Å²) in [7, 11) is 1.65. The smallest absolute Gasteiger partial charge is 0.253 e. The molecule has 5 nitrogen and oxygen atoms in total. The molecule has 2 fully saturated rings. The maximum atomic E-state index is 12.8. The van der Waals surface area contributed by atoms with Crippen LogP contribution in [0.25, 0.3) is 0 Å². The molecule has 2 amide bonds. The molecule has 0 aliphatic carbocycles. The summed E-state index contributed by atoms with van der Waals surface area (Å²) in [5.74, 6) is 1.11. The summed E-state index contributed by atoms with van der Waals surface area (Å²) in [6.45, 7) is 2.72. The molecule has 0 saturated carbocycles. The number of hydrogen-bond donors (Lipinski definition) is 0. The first-order valence-corrected chi connectivity index (χ1v) is 9.38. The van der Waals surface area contributed by atoms with Gasteiger partial charge in [0.25, 0.3) is 5.91 Å². The van der Waals surface area contributed by atoms with Crippen LogP contribution < -0.4 is 4.74 Å². The number of rotatable bonds is 4. The summed E-state index contributed by atoms with van der Waals surface area (Å²) in [6, 6.07) is 17.2. The van der Waals surface area contributed by atoms with Gasteiger partial charge in [-0.3, -0.25) is 9.59 Å². The number of β-lactam (4-membered cyclic amide) rings is 1. The van der Waals surface area contributed by atoms with E-state index < -0.39 is 0 Å². The molecule has 0 N–H and O–H groups in total. The van der Waals surface area contributed by atoms with E-state index in [1.807, 2.05) is 64.4 Å². The molecule has 0 unspecified atom stereocenters. The molecule has 2 aromatic carbocycles. The first-order valence-electron chi connectivity index (χ1n) is 9.38. The normalized spacial score (nSPS) is 18.3. The van der Waals surface area contributed by atoms with Gasteiger partial charge in [0.05, 0.1) is 12.5 Å². The highest BCUT2D eigenvalue weighted by Crippen LogP contribution is 2.42. The Balaban J connectivity index is 1.33. The number of carbonyl (C=O) groups is 2. The Bertz CT molecular complexity index is 824. The zero-order valence-corrected chi connectivity index (χ0v) is 15.6. The summed E-state index contributed by atoms with van der Waals surface area (Å²) >= 11 is 0. The van der Waals surface area contributed by atoms with Gasteiger partial charge in [-0.25, -0.2) is 0 Å². The molecule has 27 heavy (non-hydrogen) atoms. The third-order valence-electron chi connectivity index (χ3n) is 5.80. The molecule has 2 heterocycles. The van der Waals surface area contributed by atoms with E-state index >= 15 is 0 Å². The number of nitrogens with zero attached hydrogens (tertiary/aromatic N) is 2. The number of methoxy groups -OCH3 is 1. The van der Waals surface area contributed by atoms with Crippen molar-refractivity contribution < 1.29 is 14.3 Å². The van der Waals surface area contributed by atoms with Gasteiger partial charge in [0.1, 0.15) is 5.75 Å². The maximum absolute atomic E-state index is 12.8. The number of likely N-dealkylation sites (tertiary alicyclic amines) is 2. The molecule has 0 atom stereocenters. The lowest BCUT2D eigenvalue weighted by Gasteiger charge is -2.52. The highest BCUT2D eigenvalue weighted by atomic mass is 16.5. The number of ether oxygens (including phenoxy) is 1. The van der Waals surface area contributed by atoms with Crippen LogP contribution in [-0.2, 0) is 11.3 Å². The van der Waals surface area contributed by atoms with Crippen LogP contribution in [0.5, 0.6) is 5.75 Å². The van der Waals surface area contributed by atoms with E-state index in [1.165, 1.54) is 0 Å². The van der Waals surface area contributed by atoms with Gasteiger partial charge in [-0.15, -0.1) is 0 Å². The van der Waals surface area contributed by atoms with Crippen LogP contribution in [0.4, 0.5) is 0 Å². The molecule has 2 aromatic rings. The van der Waals surface area contributed by atoms with E-state index in [-0.39, 0.29) is 17.2 Å². The quantitative estimate of drug-likeness (QED) is 0.784. The number of carbonyl (C=O) groups excluding carboxylic acids is 2. The Morgan fingerprint density at radius 3 is 2.30 bits per heavy atom. The Morgan fingerprint density at radius 2 is 1.70 bits per heavy atom. The van der Waals surface area contributed by atoms with Crippen molar-refractivity contribution in [3.05, 3.63) is 65.7 Å². The van der Waals surface area contributed by atoms with E-state index in [4.69, 9.17) is 4.74 Å². The molecular weight excluding hydrogens is 340 g/mol. The van der Waals surface area contributed by atoms with Crippen LogP contribution in [0.3, 0.4) is 0 Å². The Kier molecular flexibility index (Phi) is 4.60. The van der Waals surface area contributed by atoms with E-state index in [0.717, 1.165) is 36.3 Å². The van der Waals surface area contributed by atoms with Gasteiger partial charge >= 0.3 is 0 Å². The lowest BCUT2D eigenvalue weighted by molar-refractivity contribution is -0.165. The van der Waals surface area contributed by atoms with Crippen molar-refractivity contribution in [2.24, 2.45) is 5.41 Å². The standard InChI is InChI=1S/C22H24N2O3/c1-27-19-9-7-17(8-10-19)15-24-16-22(21(24)26)11-13-23(14-12-22)20(25)18-5-3-2-4-6-18/h2-10H,11-16H2,1H3. The summed E-state index contributed by atoms with van der Waals surface area (Å²) in [5.41, 5.74) is 1.56. The molecule has 0 bridgehead atoms. The molecule has 2 saturated heterocycles. The minimum absolute atomic E-state index is 0.0623. The Morgan fingerprint density at radius 1 is 1.04 bits per heavy atom. The average molecular weight is 364 g/mol. The second-order valence-electron chi connectivity index (χ2n) is 7.45. The minimum Gasteiger partial charge on any atom is -0.497 e. The number of piperidine rings is 1. The summed E-state index contributed by atoms with van der Waals surface area (Å²) in [6.07, 6.45) is 1.51. The largest absolute Gasteiger partial charge is 0.497 e. The third-order valence-corrected chi connectivity index (χ3v) is 5.80. The predicted octanol–water partition coefficient (Wildman–Crippen LogP) is 2.96. The van der Waals surface area contributed by atoms with Gasteiger partial charge in [-0.05, 0) is 42.7 Å². The third kappa shape index (κ3) is 3.29. The molecule has 4 rings (SSSR count). The molecule has 140 valence electrons. The summed E-state index contributed by atoms with van der Waals surface area (Å²) in [4.78, 5) is 29.2. The summed E-state index contributed by atoms with van der Waals surface area (Å²) in [5, 5.41) is 0. The predicted molar refractivity (Wildman–Crippen MR) is 102 cm³/mol. The van der Waals surface area contributed by atoms with Crippen molar-refractivity contribution in [2.45, 2.75) is 19.4 Å². The van der Waals surface area contributed by atoms with Gasteiger partial charge in [-0.1, -0.05) is 30.3 Å². The van der Waals surface area contributed by atoms with Crippen molar-refractivity contribution in [3.8, 4) is 5.75 Å². The van der Waals surface area contributed by atoms with E-state index in [0.29, 0.717) is 19.6 Å². The number of hydrogen-bond acceptors (Lipinski definition) is 3. The molecule has 2 aliphatic rings. The van der Waals surface area contributed by atoms with Gasteiger partial charge in [0.2, 0.25) is 5.91 Å². The molecule has 0 radical (unpaired) electrons. The SMILES string of the molecule is COc1ccc(CN2CC3(CCN(C(=O)c4ccccc4)CC3)C2=O)cc1. The number of benzene rings is 2. The van der Waals surface area contributed by atoms with Crippen molar-refractivity contribution in [1.29, 1.82) is 0 Å². The molecule has 1 spiro atoms. The second-order valence-corrected chi connectivity index (χ2v) is 7.45. The van der Waals surface area contributed by atoms with Gasteiger partial charge in [0, 0.05) is 31.7 Å². The lowest BCUT2D eigenvalue weighted by atomic mass is 9.71. The van der Waals surface area contributed by atoms with E-state index in [9.17, 15) is 9.59 Å². The van der Waals surface area contributed by atoms with Gasteiger partial charge < -0.3 is 14.5 Å². The fourth-order valence-corrected chi connectivity index (χ4v) is 4.10. The molecule has 5 heteroatoms. The van der Waals surface area contributed by atoms with Gasteiger partial charge in [0.15, 0.2) is 0 Å². The maximum Gasteiger partial charge on any atom is 0.253 e. The van der Waals surface area contributed by atoms with Crippen molar-refractivity contribution in [3.63, 3.8) is 0 Å². The van der Waals surface area contributed by atoms with Crippen LogP contribution >= 0.6 is 0 Å². The lowest BCUT2D eigenvalue weighted by Crippen LogP contribution is -2.64. The van der Waals surface area contributed by atoms with Crippen LogP contribution in [0.15, 0.2) is 54.6 Å². The topological polar surface area (TPSA) is 49.9 Å². The van der Waals surface area contributed by atoms with E-state index in [2.05, 4.69) is 0 Å². The minimum atomic E-state index is -0.264. The highest BCUT2D eigenvalue weighted by molar-refractivity contribution is 5.95. The fourth-order valence-electron chi connectivity index (χ4n) is 4.10. The number of amides is 2. The van der Waals surface area contributed by atoms with Crippen LogP contribution in [-0.4, -0.2) is 48.4 Å². The molecular formula is C22H24N2O3. The van der Waals surface area contributed by atoms with Gasteiger partial charge in [-0.2, -0.15) is 0 Å². The van der Waals surface area contributed by atoms with Crippen molar-refractivity contribution in [1.82, 2.24) is 9.80 Å². The average Bonchev–Trinajstić information content (AvgIpc) is 2.74. The molecule has 2 aliphatic heterocycles. The first-order chi connectivity index (χ1) is 13.1. The van der Waals surface area contributed by atoms with Crippen LogP contribution in [0, 0.1) is 5.41 Å². The fraction of sp³-hybridized carbons (Fsp3) is 0.364. The van der Waals surface area contributed by atoms with Crippen molar-refractivity contribution in [2.75, 3.05) is 26.7 Å². The van der Waals surface area contributed by atoms with Crippen molar-refractivity contribution >= 4 is 11.8 Å². The zero-order valence-electron chi connectivity index (χ0n) is 15.6. The second kappa shape index (κ2) is 7.06. The summed E-state index contributed by atoms with van der Waals surface area (Å²) < 4.78 is 5.17. The zero-order chi connectivity index (χ0) is 18.9. The van der Waals surface area contributed by atoms with Crippen LogP contribution in [0.2, 0.25) is 0 Å². The first kappa shape index (κ1) is 17.6. The van der Waals surface area contributed by atoms with Crippen LogP contribution in [0.1, 0.15) is 28.8 Å². The molecule has 0 aromatic heterocycles.